The van der Waals surface area contributed by atoms with E-state index in [1.807, 2.05) is 34.0 Å². The number of hydrogen-bond acceptors (Lipinski definition) is 4. The summed E-state index contributed by atoms with van der Waals surface area (Å²) in [5.74, 6) is -0.301. The minimum absolute atomic E-state index is 0.00487. The van der Waals surface area contributed by atoms with Crippen molar-refractivity contribution in [2.24, 2.45) is 0 Å². The summed E-state index contributed by atoms with van der Waals surface area (Å²) in [5.41, 5.74) is 1.98. The van der Waals surface area contributed by atoms with Crippen LogP contribution in [0.4, 0.5) is 4.39 Å². The van der Waals surface area contributed by atoms with E-state index in [9.17, 15) is 9.18 Å². The van der Waals surface area contributed by atoms with E-state index in [0.29, 0.717) is 17.0 Å². The van der Waals surface area contributed by atoms with Crippen molar-refractivity contribution in [3.8, 4) is 11.3 Å². The molecule has 1 fully saturated rings. The lowest BCUT2D eigenvalue weighted by molar-refractivity contribution is 0.0731. The third-order valence-corrected chi connectivity index (χ3v) is 5.62. The molecular weight excluding hydrogens is 339 g/mol. The fourth-order valence-corrected chi connectivity index (χ4v) is 4.15. The molecule has 1 aromatic carbocycles. The quantitative estimate of drug-likeness (QED) is 0.723. The van der Waals surface area contributed by atoms with Gasteiger partial charge in [-0.15, -0.1) is 11.3 Å². The Morgan fingerprint density at radius 3 is 3.00 bits per heavy atom. The van der Waals surface area contributed by atoms with Crippen molar-refractivity contribution in [3.05, 3.63) is 47.4 Å². The summed E-state index contributed by atoms with van der Waals surface area (Å²) < 4.78 is 15.3. The molecule has 0 radical (unpaired) electrons. The zero-order chi connectivity index (χ0) is 17.6. The average Bonchev–Trinajstić information content (AvgIpc) is 3.28. The van der Waals surface area contributed by atoms with E-state index in [1.165, 1.54) is 23.5 Å². The number of benzene rings is 1. The number of imidazole rings is 1. The van der Waals surface area contributed by atoms with Crippen molar-refractivity contribution < 1.29 is 9.18 Å². The molecule has 0 saturated carbocycles. The van der Waals surface area contributed by atoms with Gasteiger partial charge in [0, 0.05) is 36.8 Å². The van der Waals surface area contributed by atoms with Gasteiger partial charge in [-0.1, -0.05) is 12.1 Å². The van der Waals surface area contributed by atoms with Gasteiger partial charge >= 0.3 is 0 Å². The number of likely N-dealkylation sites (tertiary alicyclic amines) is 1. The van der Waals surface area contributed by atoms with Crippen LogP contribution >= 0.6 is 11.3 Å². The Hall–Kier alpha value is -2.25. The predicted molar refractivity (Wildman–Crippen MR) is 96.5 cm³/mol. The second-order valence-corrected chi connectivity index (χ2v) is 7.37. The summed E-state index contributed by atoms with van der Waals surface area (Å²) >= 11 is 1.42. The van der Waals surface area contributed by atoms with Gasteiger partial charge in [0.15, 0.2) is 4.96 Å². The summed E-state index contributed by atoms with van der Waals surface area (Å²) in [4.78, 5) is 22.2. The summed E-state index contributed by atoms with van der Waals surface area (Å²) in [6.07, 6.45) is 2.80. The van der Waals surface area contributed by atoms with Gasteiger partial charge in [-0.05, 0) is 32.1 Å². The van der Waals surface area contributed by atoms with Crippen molar-refractivity contribution in [2.45, 2.75) is 12.5 Å². The molecule has 4 rings (SSSR count). The molecule has 0 aliphatic carbocycles. The summed E-state index contributed by atoms with van der Waals surface area (Å²) in [5, 5.41) is 1.84. The number of halogens is 1. The fraction of sp³-hybridized carbons (Fsp3) is 0.333. The topological polar surface area (TPSA) is 40.8 Å². The molecule has 2 aromatic heterocycles. The molecule has 25 heavy (non-hydrogen) atoms. The van der Waals surface area contributed by atoms with Crippen molar-refractivity contribution >= 4 is 22.2 Å². The zero-order valence-corrected chi connectivity index (χ0v) is 15.0. The lowest BCUT2D eigenvalue weighted by Crippen LogP contribution is -2.39. The number of amides is 1. The highest BCUT2D eigenvalue weighted by Crippen LogP contribution is 2.25. The van der Waals surface area contributed by atoms with Gasteiger partial charge in [0.25, 0.3) is 5.91 Å². The number of rotatable bonds is 3. The number of carbonyl (C=O) groups excluding carboxylic acids is 1. The SMILES string of the molecule is CN1CCC(N(C)C(=O)c2csc3nc(-c4cccc(F)c4)cn23)C1. The van der Waals surface area contributed by atoms with Gasteiger partial charge in [-0.3, -0.25) is 9.20 Å². The lowest BCUT2D eigenvalue weighted by Gasteiger charge is -2.24. The molecule has 1 aliphatic heterocycles. The molecule has 0 spiro atoms. The van der Waals surface area contributed by atoms with Crippen LogP contribution < -0.4 is 0 Å². The first-order chi connectivity index (χ1) is 12.0. The molecule has 1 saturated heterocycles. The molecule has 1 atom stereocenters. The van der Waals surface area contributed by atoms with Crippen LogP contribution in [0, 0.1) is 5.82 Å². The van der Waals surface area contributed by atoms with Crippen molar-refractivity contribution in [1.82, 2.24) is 19.2 Å². The normalized spacial score (nSPS) is 18.1. The number of thiazole rings is 1. The van der Waals surface area contributed by atoms with Crippen LogP contribution in [-0.4, -0.2) is 58.3 Å². The number of aromatic nitrogens is 2. The van der Waals surface area contributed by atoms with E-state index in [0.717, 1.165) is 24.5 Å². The summed E-state index contributed by atoms with van der Waals surface area (Å²) in [6.45, 7) is 1.91. The maximum absolute atomic E-state index is 13.5. The van der Waals surface area contributed by atoms with Crippen LogP contribution in [0.1, 0.15) is 16.9 Å². The van der Waals surface area contributed by atoms with Gasteiger partial charge < -0.3 is 9.80 Å². The van der Waals surface area contributed by atoms with Crippen LogP contribution in [-0.2, 0) is 0 Å². The monoisotopic (exact) mass is 358 g/mol. The Kier molecular flexibility index (Phi) is 4.05. The first kappa shape index (κ1) is 16.2. The number of nitrogens with zero attached hydrogens (tertiary/aromatic N) is 4. The largest absolute Gasteiger partial charge is 0.336 e. The Morgan fingerprint density at radius 2 is 2.28 bits per heavy atom. The Labute approximate surface area is 149 Å². The second kappa shape index (κ2) is 6.24. The van der Waals surface area contributed by atoms with Gasteiger partial charge in [-0.2, -0.15) is 0 Å². The highest BCUT2D eigenvalue weighted by molar-refractivity contribution is 7.15. The molecular formula is C18H19FN4OS. The molecule has 3 heterocycles. The third-order valence-electron chi connectivity index (χ3n) is 4.78. The maximum atomic E-state index is 13.5. The van der Waals surface area contributed by atoms with E-state index < -0.39 is 0 Å². The Bertz CT molecular complexity index is 934. The van der Waals surface area contributed by atoms with E-state index in [2.05, 4.69) is 16.9 Å². The van der Waals surface area contributed by atoms with Gasteiger partial charge in [0.2, 0.25) is 0 Å². The summed E-state index contributed by atoms with van der Waals surface area (Å²) in [7, 11) is 3.93. The Balaban J connectivity index is 1.65. The lowest BCUT2D eigenvalue weighted by atomic mass is 10.2. The average molecular weight is 358 g/mol. The molecule has 5 nitrogen and oxygen atoms in total. The van der Waals surface area contributed by atoms with Crippen LogP contribution in [0.15, 0.2) is 35.8 Å². The van der Waals surface area contributed by atoms with E-state index in [-0.39, 0.29) is 17.8 Å². The molecule has 1 amide bonds. The number of hydrogen-bond donors (Lipinski definition) is 0. The molecule has 0 bridgehead atoms. The van der Waals surface area contributed by atoms with E-state index in [4.69, 9.17) is 0 Å². The number of fused-ring (bicyclic) bond motifs is 1. The third kappa shape index (κ3) is 2.94. The van der Waals surface area contributed by atoms with Crippen LogP contribution in [0.2, 0.25) is 0 Å². The highest BCUT2D eigenvalue weighted by Gasteiger charge is 2.28. The zero-order valence-electron chi connectivity index (χ0n) is 14.1. The minimum atomic E-state index is -0.296. The van der Waals surface area contributed by atoms with Crippen molar-refractivity contribution in [1.29, 1.82) is 0 Å². The van der Waals surface area contributed by atoms with Crippen molar-refractivity contribution in [2.75, 3.05) is 27.2 Å². The first-order valence-electron chi connectivity index (χ1n) is 8.21. The smallest absolute Gasteiger partial charge is 0.271 e. The molecule has 130 valence electrons. The molecule has 3 aromatic rings. The predicted octanol–water partition coefficient (Wildman–Crippen LogP) is 2.98. The minimum Gasteiger partial charge on any atom is -0.336 e. The van der Waals surface area contributed by atoms with Gasteiger partial charge in [0.05, 0.1) is 5.69 Å². The highest BCUT2D eigenvalue weighted by atomic mass is 32.1. The maximum Gasteiger partial charge on any atom is 0.271 e. The number of carbonyl (C=O) groups is 1. The van der Waals surface area contributed by atoms with Crippen LogP contribution in [0.5, 0.6) is 0 Å². The fourth-order valence-electron chi connectivity index (χ4n) is 3.30. The van der Waals surface area contributed by atoms with Crippen LogP contribution in [0.3, 0.4) is 0 Å². The standard InChI is InChI=1S/C18H19FN4OS/c1-21-7-6-14(9-21)22(2)17(24)16-11-25-18-20-15(10-23(16)18)12-4-3-5-13(19)8-12/h3-5,8,10-11,14H,6-7,9H2,1-2H3. The molecule has 0 N–H and O–H groups in total. The number of likely N-dealkylation sites (N-methyl/N-ethyl adjacent to an activating group) is 2. The van der Waals surface area contributed by atoms with E-state index >= 15 is 0 Å². The van der Waals surface area contributed by atoms with Crippen LogP contribution in [0.25, 0.3) is 16.2 Å². The van der Waals surface area contributed by atoms with Crippen molar-refractivity contribution in [3.63, 3.8) is 0 Å². The summed E-state index contributed by atoms with van der Waals surface area (Å²) in [6, 6.07) is 6.57. The first-order valence-corrected chi connectivity index (χ1v) is 9.09. The molecule has 1 aliphatic rings. The molecule has 1 unspecified atom stereocenters. The van der Waals surface area contributed by atoms with Gasteiger partial charge in [-0.25, -0.2) is 9.37 Å². The Morgan fingerprint density at radius 1 is 1.44 bits per heavy atom. The van der Waals surface area contributed by atoms with Gasteiger partial charge in [0.1, 0.15) is 11.5 Å². The second-order valence-electron chi connectivity index (χ2n) is 6.53. The van der Waals surface area contributed by atoms with E-state index in [1.54, 1.807) is 6.07 Å². The molecule has 7 heteroatoms.